The summed E-state index contributed by atoms with van der Waals surface area (Å²) >= 11 is 0. The van der Waals surface area contributed by atoms with Gasteiger partial charge in [-0.2, -0.15) is 0 Å². The van der Waals surface area contributed by atoms with Crippen LogP contribution >= 0.6 is 0 Å². The fourth-order valence-electron chi connectivity index (χ4n) is 3.52. The van der Waals surface area contributed by atoms with E-state index in [1.54, 1.807) is 4.90 Å². The molecule has 1 aromatic carbocycles. The molecule has 2 aliphatic rings. The molecule has 0 radical (unpaired) electrons. The summed E-state index contributed by atoms with van der Waals surface area (Å²) in [5.41, 5.74) is 3.30. The van der Waals surface area contributed by atoms with E-state index in [2.05, 4.69) is 15.6 Å². The van der Waals surface area contributed by atoms with Crippen LogP contribution < -0.4 is 10.6 Å². The molecular weight excluding hydrogens is 328 g/mol. The molecule has 1 saturated heterocycles. The molecule has 0 spiro atoms. The van der Waals surface area contributed by atoms with E-state index in [-0.39, 0.29) is 17.9 Å². The molecule has 0 bridgehead atoms. The van der Waals surface area contributed by atoms with E-state index in [1.165, 1.54) is 0 Å². The van der Waals surface area contributed by atoms with E-state index in [9.17, 15) is 9.59 Å². The number of amides is 2. The Kier molecular flexibility index (Phi) is 4.36. The number of aromatic nitrogens is 1. The molecule has 6 heteroatoms. The molecule has 2 fully saturated rings. The summed E-state index contributed by atoms with van der Waals surface area (Å²) in [4.78, 5) is 32.2. The molecule has 6 nitrogen and oxygen atoms in total. The molecule has 2 N–H and O–H groups in total. The Bertz CT molecular complexity index is 875. The van der Waals surface area contributed by atoms with Crippen LogP contribution in [-0.2, 0) is 4.79 Å². The summed E-state index contributed by atoms with van der Waals surface area (Å²) < 4.78 is 0. The Morgan fingerprint density at radius 1 is 1.27 bits per heavy atom. The highest BCUT2D eigenvalue weighted by Gasteiger charge is 2.35. The molecule has 2 heterocycles. The molecule has 1 aromatic heterocycles. The zero-order chi connectivity index (χ0) is 18.3. The van der Waals surface area contributed by atoms with Gasteiger partial charge in [0.05, 0.1) is 16.8 Å². The molecule has 2 amide bonds. The topological polar surface area (TPSA) is 74.3 Å². The van der Waals surface area contributed by atoms with Crippen LogP contribution in [0, 0.1) is 13.8 Å². The summed E-state index contributed by atoms with van der Waals surface area (Å²) in [5, 5.41) is 7.20. The second-order valence-electron chi connectivity index (χ2n) is 7.27. The third kappa shape index (κ3) is 3.17. The van der Waals surface area contributed by atoms with Crippen LogP contribution in [0.4, 0.5) is 0 Å². The van der Waals surface area contributed by atoms with E-state index in [4.69, 9.17) is 0 Å². The van der Waals surface area contributed by atoms with Gasteiger partial charge in [0.25, 0.3) is 5.91 Å². The van der Waals surface area contributed by atoms with Gasteiger partial charge in [0.2, 0.25) is 5.91 Å². The molecular formula is C20H24N4O2. The Morgan fingerprint density at radius 2 is 2.08 bits per heavy atom. The smallest absolute Gasteiger partial charge is 0.256 e. The van der Waals surface area contributed by atoms with Gasteiger partial charge in [-0.05, 0) is 38.3 Å². The minimum atomic E-state index is -0.468. The maximum absolute atomic E-state index is 13.2. The number of fused-ring (bicyclic) bond motifs is 1. The maximum Gasteiger partial charge on any atom is 0.256 e. The maximum atomic E-state index is 13.2. The van der Waals surface area contributed by atoms with Gasteiger partial charge in [-0.3, -0.25) is 14.6 Å². The van der Waals surface area contributed by atoms with Crippen molar-refractivity contribution >= 4 is 22.7 Å². The van der Waals surface area contributed by atoms with Crippen molar-refractivity contribution in [2.24, 2.45) is 0 Å². The number of hydrogen-bond acceptors (Lipinski definition) is 4. The lowest BCUT2D eigenvalue weighted by Crippen LogP contribution is -2.59. The van der Waals surface area contributed by atoms with Crippen LogP contribution in [0.5, 0.6) is 0 Å². The van der Waals surface area contributed by atoms with Crippen molar-refractivity contribution in [3.8, 4) is 0 Å². The van der Waals surface area contributed by atoms with Crippen LogP contribution in [-0.4, -0.2) is 53.4 Å². The second kappa shape index (κ2) is 6.68. The van der Waals surface area contributed by atoms with Gasteiger partial charge in [0.1, 0.15) is 6.04 Å². The van der Waals surface area contributed by atoms with E-state index < -0.39 is 6.04 Å². The summed E-state index contributed by atoms with van der Waals surface area (Å²) in [6.07, 6.45) is 2.07. The highest BCUT2D eigenvalue weighted by atomic mass is 16.2. The quantitative estimate of drug-likeness (QED) is 0.879. The van der Waals surface area contributed by atoms with Crippen LogP contribution in [0.15, 0.2) is 24.3 Å². The number of nitrogens with zero attached hydrogens (tertiary/aromatic N) is 2. The largest absolute Gasteiger partial charge is 0.352 e. The van der Waals surface area contributed by atoms with Gasteiger partial charge in [0, 0.05) is 31.1 Å². The van der Waals surface area contributed by atoms with Crippen molar-refractivity contribution in [3.63, 3.8) is 0 Å². The normalized spacial score (nSPS) is 20.2. The fraction of sp³-hybridized carbons (Fsp3) is 0.450. The number of pyridine rings is 1. The van der Waals surface area contributed by atoms with Crippen LogP contribution in [0.1, 0.15) is 34.5 Å². The van der Waals surface area contributed by atoms with Crippen molar-refractivity contribution < 1.29 is 9.59 Å². The summed E-state index contributed by atoms with van der Waals surface area (Å²) in [6.45, 7) is 5.58. The first-order chi connectivity index (χ1) is 12.5. The van der Waals surface area contributed by atoms with E-state index >= 15 is 0 Å². The summed E-state index contributed by atoms with van der Waals surface area (Å²) in [6, 6.07) is 7.69. The molecule has 2 aromatic rings. The van der Waals surface area contributed by atoms with Crippen molar-refractivity contribution in [1.29, 1.82) is 0 Å². The predicted molar refractivity (Wildman–Crippen MR) is 100 cm³/mol. The van der Waals surface area contributed by atoms with Gasteiger partial charge < -0.3 is 15.5 Å². The number of carbonyl (C=O) groups is 2. The van der Waals surface area contributed by atoms with Gasteiger partial charge in [-0.1, -0.05) is 18.2 Å². The predicted octanol–water partition coefficient (Wildman–Crippen LogP) is 1.54. The SMILES string of the molecule is Cc1nc2c(C)cccc2cc1C(=O)N1CCNCC1C(=O)NC1CC1. The molecule has 26 heavy (non-hydrogen) atoms. The Labute approximate surface area is 153 Å². The Morgan fingerprint density at radius 3 is 2.85 bits per heavy atom. The first-order valence-corrected chi connectivity index (χ1v) is 9.23. The van der Waals surface area contributed by atoms with Gasteiger partial charge >= 0.3 is 0 Å². The zero-order valence-corrected chi connectivity index (χ0v) is 15.2. The number of para-hydroxylation sites is 1. The summed E-state index contributed by atoms with van der Waals surface area (Å²) in [5.74, 6) is -0.175. The minimum absolute atomic E-state index is 0.0599. The average Bonchev–Trinajstić information content (AvgIpc) is 3.45. The number of carbonyl (C=O) groups excluding carboxylic acids is 2. The number of benzene rings is 1. The fourth-order valence-corrected chi connectivity index (χ4v) is 3.52. The van der Waals surface area contributed by atoms with Crippen LogP contribution in [0.2, 0.25) is 0 Å². The molecule has 1 atom stereocenters. The highest BCUT2D eigenvalue weighted by Crippen LogP contribution is 2.23. The third-order valence-electron chi connectivity index (χ3n) is 5.20. The number of aryl methyl sites for hydroxylation is 2. The number of rotatable bonds is 3. The lowest BCUT2D eigenvalue weighted by molar-refractivity contribution is -0.126. The number of nitrogens with one attached hydrogen (secondary N) is 2. The molecule has 1 aliphatic heterocycles. The first-order valence-electron chi connectivity index (χ1n) is 9.23. The lowest BCUT2D eigenvalue weighted by Gasteiger charge is -2.35. The van der Waals surface area contributed by atoms with E-state index in [1.807, 2.05) is 38.1 Å². The van der Waals surface area contributed by atoms with Gasteiger partial charge in [-0.25, -0.2) is 0 Å². The first kappa shape index (κ1) is 17.0. The third-order valence-corrected chi connectivity index (χ3v) is 5.20. The molecule has 136 valence electrons. The Balaban J connectivity index is 1.65. The number of hydrogen-bond donors (Lipinski definition) is 2. The lowest BCUT2D eigenvalue weighted by atomic mass is 10.0. The summed E-state index contributed by atoms with van der Waals surface area (Å²) in [7, 11) is 0. The molecule has 1 unspecified atom stereocenters. The Hall–Kier alpha value is -2.47. The van der Waals surface area contributed by atoms with Crippen molar-refractivity contribution in [2.75, 3.05) is 19.6 Å². The van der Waals surface area contributed by atoms with Crippen molar-refractivity contribution in [2.45, 2.75) is 38.8 Å². The molecule has 1 aliphatic carbocycles. The highest BCUT2D eigenvalue weighted by molar-refractivity contribution is 6.01. The van der Waals surface area contributed by atoms with Crippen molar-refractivity contribution in [1.82, 2.24) is 20.5 Å². The van der Waals surface area contributed by atoms with Gasteiger partial charge in [0.15, 0.2) is 0 Å². The van der Waals surface area contributed by atoms with Crippen LogP contribution in [0.3, 0.4) is 0 Å². The van der Waals surface area contributed by atoms with E-state index in [0.717, 1.165) is 29.3 Å². The monoisotopic (exact) mass is 352 g/mol. The van der Waals surface area contributed by atoms with E-state index in [0.29, 0.717) is 30.9 Å². The zero-order valence-electron chi connectivity index (χ0n) is 15.2. The van der Waals surface area contributed by atoms with Gasteiger partial charge in [-0.15, -0.1) is 0 Å². The number of piperazine rings is 1. The van der Waals surface area contributed by atoms with Crippen LogP contribution in [0.25, 0.3) is 10.9 Å². The standard InChI is InChI=1S/C20H24N4O2/c1-12-4-3-5-14-10-16(13(2)22-18(12)14)20(26)24-9-8-21-11-17(24)19(25)23-15-6-7-15/h3-5,10,15,17,21H,6-9,11H2,1-2H3,(H,23,25). The molecule has 4 rings (SSSR count). The second-order valence-corrected chi connectivity index (χ2v) is 7.27. The average molecular weight is 352 g/mol. The molecule has 1 saturated carbocycles. The minimum Gasteiger partial charge on any atom is -0.352 e. The van der Waals surface area contributed by atoms with Crippen molar-refractivity contribution in [3.05, 3.63) is 41.1 Å².